The van der Waals surface area contributed by atoms with Gasteiger partial charge in [-0.15, -0.1) is 0 Å². The predicted molar refractivity (Wildman–Crippen MR) is 110 cm³/mol. The number of hydrogen-bond acceptors (Lipinski definition) is 8. The fourth-order valence-corrected chi connectivity index (χ4v) is 3.32. The molecule has 0 bridgehead atoms. The Morgan fingerprint density at radius 1 is 1.03 bits per heavy atom. The second-order valence-corrected chi connectivity index (χ2v) is 6.89. The first-order chi connectivity index (χ1) is 14.5. The Balaban J connectivity index is 1.37. The van der Waals surface area contributed by atoms with Crippen molar-refractivity contribution in [1.82, 2.24) is 8.75 Å². The third-order valence-electron chi connectivity index (χ3n) is 4.28. The molecular weight excluding hydrogens is 406 g/mol. The van der Waals surface area contributed by atoms with E-state index in [2.05, 4.69) is 14.1 Å². The van der Waals surface area contributed by atoms with E-state index in [-0.39, 0.29) is 11.5 Å². The van der Waals surface area contributed by atoms with Crippen molar-refractivity contribution in [3.63, 3.8) is 0 Å². The Morgan fingerprint density at radius 2 is 1.83 bits per heavy atom. The number of amides is 1. The zero-order chi connectivity index (χ0) is 21.1. The summed E-state index contributed by atoms with van der Waals surface area (Å²) in [6, 6.07) is 15.1. The Hall–Kier alpha value is -3.85. The number of carbonyl (C=O) groups excluding carboxylic acids is 3. The van der Waals surface area contributed by atoms with E-state index >= 15 is 0 Å². The van der Waals surface area contributed by atoms with Crippen LogP contribution in [0.3, 0.4) is 0 Å². The highest BCUT2D eigenvalue weighted by Gasteiger charge is 2.16. The van der Waals surface area contributed by atoms with Crippen LogP contribution in [0, 0.1) is 0 Å². The highest BCUT2D eigenvalue weighted by atomic mass is 32.1. The molecule has 0 saturated carbocycles. The second kappa shape index (κ2) is 8.26. The average Bonchev–Trinajstić information content (AvgIpc) is 3.42. The van der Waals surface area contributed by atoms with E-state index in [4.69, 9.17) is 9.15 Å². The van der Waals surface area contributed by atoms with Crippen molar-refractivity contribution in [1.29, 1.82) is 0 Å². The number of nitrogens with one attached hydrogen (secondary N) is 1. The van der Waals surface area contributed by atoms with Crippen molar-refractivity contribution in [2.24, 2.45) is 0 Å². The maximum absolute atomic E-state index is 12.2. The summed E-state index contributed by atoms with van der Waals surface area (Å²) < 4.78 is 18.8. The molecular formula is C21H15N3O5S. The van der Waals surface area contributed by atoms with Gasteiger partial charge in [0.05, 0.1) is 17.4 Å². The van der Waals surface area contributed by atoms with Gasteiger partial charge in [-0.25, -0.2) is 4.79 Å². The zero-order valence-electron chi connectivity index (χ0n) is 15.7. The molecule has 4 aromatic rings. The van der Waals surface area contributed by atoms with E-state index in [0.29, 0.717) is 33.6 Å². The monoisotopic (exact) mass is 421 g/mol. The maximum Gasteiger partial charge on any atom is 0.374 e. The molecule has 30 heavy (non-hydrogen) atoms. The number of hydrogen-bond donors (Lipinski definition) is 1. The van der Waals surface area contributed by atoms with Gasteiger partial charge in [0.1, 0.15) is 16.8 Å². The first-order valence-electron chi connectivity index (χ1n) is 8.91. The summed E-state index contributed by atoms with van der Waals surface area (Å²) in [4.78, 5) is 35.7. The van der Waals surface area contributed by atoms with Crippen LogP contribution in [0.5, 0.6) is 0 Å². The van der Waals surface area contributed by atoms with E-state index in [0.717, 1.165) is 11.7 Å². The fraction of sp³-hybridized carbons (Fsp3) is 0.0952. The molecule has 8 nitrogen and oxygen atoms in total. The van der Waals surface area contributed by atoms with Crippen molar-refractivity contribution in [2.75, 3.05) is 11.9 Å². The molecule has 4 rings (SSSR count). The molecule has 0 saturated heterocycles. The van der Waals surface area contributed by atoms with Crippen LogP contribution in [-0.4, -0.2) is 33.0 Å². The lowest BCUT2D eigenvalue weighted by Gasteiger charge is -2.06. The predicted octanol–water partition coefficient (Wildman–Crippen LogP) is 3.95. The van der Waals surface area contributed by atoms with Crippen molar-refractivity contribution in [2.45, 2.75) is 6.92 Å². The minimum atomic E-state index is -0.759. The first kappa shape index (κ1) is 19.5. The van der Waals surface area contributed by atoms with Crippen LogP contribution < -0.4 is 5.32 Å². The largest absolute Gasteiger partial charge is 0.450 e. The minimum absolute atomic E-state index is 0.0285. The molecule has 0 unspecified atom stereocenters. The number of furan rings is 1. The standard InChI is InChI=1S/C21H15N3O5S/c1-12(25)13-5-7-14(8-6-13)17-9-10-18(29-17)21(27)28-11-19(26)22-15-3-2-4-16-20(15)24-30-23-16/h2-10H,11H2,1H3,(H,22,26). The summed E-state index contributed by atoms with van der Waals surface area (Å²) in [7, 11) is 0. The molecule has 1 amide bonds. The molecule has 2 heterocycles. The molecule has 9 heteroatoms. The molecule has 0 spiro atoms. The van der Waals surface area contributed by atoms with E-state index in [9.17, 15) is 14.4 Å². The number of rotatable bonds is 6. The van der Waals surface area contributed by atoms with E-state index in [1.165, 1.54) is 13.0 Å². The number of carbonyl (C=O) groups is 3. The topological polar surface area (TPSA) is 111 Å². The lowest BCUT2D eigenvalue weighted by atomic mass is 10.1. The highest BCUT2D eigenvalue weighted by molar-refractivity contribution is 7.00. The molecule has 0 aliphatic carbocycles. The van der Waals surface area contributed by atoms with Gasteiger partial charge in [-0.2, -0.15) is 8.75 Å². The van der Waals surface area contributed by atoms with Gasteiger partial charge in [-0.3, -0.25) is 9.59 Å². The number of aromatic nitrogens is 2. The number of ketones is 1. The number of ether oxygens (including phenoxy) is 1. The number of anilines is 1. The normalized spacial score (nSPS) is 10.7. The van der Waals surface area contributed by atoms with Crippen LogP contribution in [0.15, 0.2) is 59.0 Å². The number of Topliss-reactive ketones (excluding diaryl/α,β-unsaturated/α-hetero) is 1. The van der Waals surface area contributed by atoms with E-state index in [1.54, 1.807) is 48.5 Å². The Labute approximate surface area is 174 Å². The summed E-state index contributed by atoms with van der Waals surface area (Å²) in [5.74, 6) is -0.880. The Kier molecular flexibility index (Phi) is 5.36. The van der Waals surface area contributed by atoms with Crippen LogP contribution in [-0.2, 0) is 9.53 Å². The van der Waals surface area contributed by atoms with Crippen LogP contribution in [0.2, 0.25) is 0 Å². The van der Waals surface area contributed by atoms with Gasteiger partial charge in [-0.05, 0) is 31.2 Å². The SMILES string of the molecule is CC(=O)c1ccc(-c2ccc(C(=O)OCC(=O)Nc3cccc4nsnc34)o2)cc1. The van der Waals surface area contributed by atoms with Gasteiger partial charge in [0.15, 0.2) is 12.4 Å². The third kappa shape index (κ3) is 4.11. The lowest BCUT2D eigenvalue weighted by molar-refractivity contribution is -0.119. The molecule has 0 atom stereocenters. The number of benzene rings is 2. The molecule has 2 aromatic heterocycles. The van der Waals surface area contributed by atoms with Gasteiger partial charge in [-0.1, -0.05) is 30.3 Å². The summed E-state index contributed by atoms with van der Waals surface area (Å²) in [5, 5.41) is 2.65. The van der Waals surface area contributed by atoms with Crippen LogP contribution in [0.4, 0.5) is 5.69 Å². The summed E-state index contributed by atoms with van der Waals surface area (Å²) >= 11 is 1.05. The van der Waals surface area contributed by atoms with E-state index < -0.39 is 18.5 Å². The van der Waals surface area contributed by atoms with Gasteiger partial charge >= 0.3 is 5.97 Å². The fourth-order valence-electron chi connectivity index (χ4n) is 2.77. The number of nitrogens with zero attached hydrogens (tertiary/aromatic N) is 2. The van der Waals surface area contributed by atoms with Crippen LogP contribution in [0.25, 0.3) is 22.4 Å². The number of fused-ring (bicyclic) bond motifs is 1. The first-order valence-corrected chi connectivity index (χ1v) is 9.64. The van der Waals surface area contributed by atoms with Gasteiger partial charge < -0.3 is 14.5 Å². The Bertz CT molecular complexity index is 1240. The van der Waals surface area contributed by atoms with Gasteiger partial charge in [0.2, 0.25) is 5.76 Å². The quantitative estimate of drug-likeness (QED) is 0.371. The van der Waals surface area contributed by atoms with Crippen molar-refractivity contribution < 1.29 is 23.5 Å². The van der Waals surface area contributed by atoms with Crippen LogP contribution >= 0.6 is 11.7 Å². The molecule has 1 N–H and O–H groups in total. The molecule has 0 aliphatic rings. The Morgan fingerprint density at radius 3 is 2.60 bits per heavy atom. The number of esters is 1. The second-order valence-electron chi connectivity index (χ2n) is 6.36. The molecule has 0 aliphatic heterocycles. The van der Waals surface area contributed by atoms with Crippen molar-refractivity contribution in [3.05, 3.63) is 65.9 Å². The van der Waals surface area contributed by atoms with Crippen LogP contribution in [0.1, 0.15) is 27.8 Å². The lowest BCUT2D eigenvalue weighted by Crippen LogP contribution is -2.20. The van der Waals surface area contributed by atoms with Crippen molar-refractivity contribution in [3.8, 4) is 11.3 Å². The van der Waals surface area contributed by atoms with Crippen molar-refractivity contribution >= 4 is 46.1 Å². The molecule has 150 valence electrons. The zero-order valence-corrected chi connectivity index (χ0v) is 16.6. The summed E-state index contributed by atoms with van der Waals surface area (Å²) in [6.07, 6.45) is 0. The summed E-state index contributed by atoms with van der Waals surface area (Å²) in [5.41, 5.74) is 3.04. The van der Waals surface area contributed by atoms with Gasteiger partial charge in [0.25, 0.3) is 5.91 Å². The van der Waals surface area contributed by atoms with Gasteiger partial charge in [0, 0.05) is 11.1 Å². The summed E-state index contributed by atoms with van der Waals surface area (Å²) in [6.45, 7) is 1.01. The maximum atomic E-state index is 12.2. The minimum Gasteiger partial charge on any atom is -0.450 e. The average molecular weight is 421 g/mol. The third-order valence-corrected chi connectivity index (χ3v) is 4.82. The molecule has 2 aromatic carbocycles. The molecule has 0 radical (unpaired) electrons. The smallest absolute Gasteiger partial charge is 0.374 e. The van der Waals surface area contributed by atoms with E-state index in [1.807, 2.05) is 0 Å². The molecule has 0 fully saturated rings. The highest BCUT2D eigenvalue weighted by Crippen LogP contribution is 2.24.